The molecule has 0 aliphatic carbocycles. The van der Waals surface area contributed by atoms with Crippen LogP contribution in [0.4, 0.5) is 0 Å². The molecular weight excluding hydrogens is 174 g/mol. The molecule has 1 aliphatic heterocycles. The number of nitrogens with zero attached hydrogens (tertiary/aromatic N) is 1. The van der Waals surface area contributed by atoms with Gasteiger partial charge in [-0.25, -0.2) is 0 Å². The lowest BCUT2D eigenvalue weighted by Crippen LogP contribution is -2.32. The van der Waals surface area contributed by atoms with Gasteiger partial charge in [0.25, 0.3) is 0 Å². The maximum atomic E-state index is 5.30. The minimum Gasteiger partial charge on any atom is -0.380 e. The van der Waals surface area contributed by atoms with Crippen LogP contribution in [0.15, 0.2) is 0 Å². The number of methoxy groups -OCH3 is 1. The van der Waals surface area contributed by atoms with Crippen molar-refractivity contribution in [2.45, 2.75) is 25.5 Å². The second-order valence-electron chi connectivity index (χ2n) is 3.13. The number of ether oxygens (including phenoxy) is 1. The largest absolute Gasteiger partial charge is 0.380 e. The zero-order valence-corrected chi connectivity index (χ0v) is 8.59. The fraction of sp³-hybridized carbons (Fsp3) is 1.00. The van der Waals surface area contributed by atoms with Crippen molar-refractivity contribution in [2.75, 3.05) is 26.8 Å². The third-order valence-corrected chi connectivity index (χ3v) is 2.65. The Morgan fingerprint density at radius 1 is 1.58 bits per heavy atom. The molecule has 1 aliphatic rings. The number of likely N-dealkylation sites (tertiary alicyclic amines) is 1. The molecule has 1 fully saturated rings. The summed E-state index contributed by atoms with van der Waals surface area (Å²) in [4.78, 5) is 2.37. The van der Waals surface area contributed by atoms with E-state index in [-0.39, 0.29) is 0 Å². The van der Waals surface area contributed by atoms with Crippen LogP contribution in [0.3, 0.4) is 0 Å². The Morgan fingerprint density at radius 3 is 2.83 bits per heavy atom. The van der Waals surface area contributed by atoms with Crippen molar-refractivity contribution < 1.29 is 8.92 Å². The number of likely N-dealkylation sites (N-methyl/N-ethyl adjacent to an activating group) is 1. The minimum atomic E-state index is 0.374. The lowest BCUT2D eigenvalue weighted by molar-refractivity contribution is 0.109. The molecule has 12 heavy (non-hydrogen) atoms. The van der Waals surface area contributed by atoms with Gasteiger partial charge in [0.2, 0.25) is 0 Å². The van der Waals surface area contributed by atoms with Gasteiger partial charge in [-0.15, -0.1) is 0 Å². The van der Waals surface area contributed by atoms with E-state index in [2.05, 4.69) is 24.7 Å². The van der Waals surface area contributed by atoms with Crippen LogP contribution < -0.4 is 0 Å². The highest BCUT2D eigenvalue weighted by Gasteiger charge is 2.30. The molecule has 1 saturated heterocycles. The Balaban J connectivity index is 2.39. The first-order valence-corrected chi connectivity index (χ1v) is 4.71. The van der Waals surface area contributed by atoms with Gasteiger partial charge < -0.3 is 8.92 Å². The van der Waals surface area contributed by atoms with Crippen LogP contribution in [0.2, 0.25) is 0 Å². The highest BCUT2D eigenvalue weighted by atomic mass is 32.1. The Bertz CT molecular complexity index is 134. The summed E-state index contributed by atoms with van der Waals surface area (Å²) in [5.41, 5.74) is 0. The van der Waals surface area contributed by atoms with Gasteiger partial charge in [0.15, 0.2) is 0 Å². The molecule has 1 rings (SSSR count). The fourth-order valence-electron chi connectivity index (χ4n) is 1.76. The summed E-state index contributed by atoms with van der Waals surface area (Å²) in [5, 5.41) is 0. The fourth-order valence-corrected chi connectivity index (χ4v) is 1.93. The molecule has 2 unspecified atom stereocenters. The average Bonchev–Trinajstić information content (AvgIpc) is 2.48. The molecule has 0 aromatic rings. The average molecular weight is 191 g/mol. The van der Waals surface area contributed by atoms with Crippen molar-refractivity contribution in [3.8, 4) is 0 Å². The first kappa shape index (κ1) is 10.3. The van der Waals surface area contributed by atoms with Gasteiger partial charge in [-0.2, -0.15) is 0 Å². The maximum Gasteiger partial charge on any atom is 0.0767 e. The number of hydrogen-bond donors (Lipinski definition) is 1. The lowest BCUT2D eigenvalue weighted by atomic mass is 10.2. The van der Waals surface area contributed by atoms with Crippen LogP contribution in [-0.2, 0) is 8.92 Å². The molecule has 1 heterocycles. The van der Waals surface area contributed by atoms with E-state index in [4.69, 9.17) is 8.92 Å². The summed E-state index contributed by atoms with van der Waals surface area (Å²) in [6.07, 6.45) is 1.43. The second-order valence-corrected chi connectivity index (χ2v) is 3.39. The summed E-state index contributed by atoms with van der Waals surface area (Å²) in [6, 6.07) is 0.484. The highest BCUT2D eigenvalue weighted by Crippen LogP contribution is 2.19. The van der Waals surface area contributed by atoms with Gasteiger partial charge in [-0.1, -0.05) is 6.92 Å². The molecule has 0 amide bonds. The molecule has 0 aromatic heterocycles. The summed E-state index contributed by atoms with van der Waals surface area (Å²) < 4.78 is 10.1. The van der Waals surface area contributed by atoms with E-state index in [0.717, 1.165) is 19.5 Å². The summed E-state index contributed by atoms with van der Waals surface area (Å²) >= 11 is 3.77. The first-order valence-electron chi connectivity index (χ1n) is 4.35. The minimum absolute atomic E-state index is 0.374. The molecule has 0 aromatic carbocycles. The van der Waals surface area contributed by atoms with E-state index < -0.39 is 0 Å². The molecule has 0 bridgehead atoms. The number of rotatable bonds is 4. The lowest BCUT2D eigenvalue weighted by Gasteiger charge is -2.20. The van der Waals surface area contributed by atoms with E-state index >= 15 is 0 Å². The van der Waals surface area contributed by atoms with Crippen LogP contribution in [0.5, 0.6) is 0 Å². The van der Waals surface area contributed by atoms with Crippen molar-refractivity contribution in [3.63, 3.8) is 0 Å². The van der Waals surface area contributed by atoms with Crippen LogP contribution in [0.1, 0.15) is 13.3 Å². The zero-order chi connectivity index (χ0) is 8.97. The highest BCUT2D eigenvalue weighted by molar-refractivity contribution is 7.75. The van der Waals surface area contributed by atoms with E-state index in [9.17, 15) is 0 Å². The van der Waals surface area contributed by atoms with Crippen LogP contribution >= 0.6 is 12.9 Å². The van der Waals surface area contributed by atoms with Crippen LogP contribution in [0.25, 0.3) is 0 Å². The van der Waals surface area contributed by atoms with E-state index in [0.29, 0.717) is 18.8 Å². The Morgan fingerprint density at radius 2 is 2.33 bits per heavy atom. The molecule has 2 atom stereocenters. The SMILES string of the molecule is CCN1CC(OC)CC1COS. The quantitative estimate of drug-likeness (QED) is 0.528. The molecule has 4 heteroatoms. The summed E-state index contributed by atoms with van der Waals surface area (Å²) in [5.74, 6) is 0. The molecule has 0 spiro atoms. The molecular formula is C8H17NO2S. The van der Waals surface area contributed by atoms with E-state index in [1.165, 1.54) is 0 Å². The zero-order valence-electron chi connectivity index (χ0n) is 7.69. The molecule has 0 N–H and O–H groups in total. The smallest absolute Gasteiger partial charge is 0.0767 e. The van der Waals surface area contributed by atoms with Gasteiger partial charge in [0.05, 0.1) is 12.7 Å². The molecule has 72 valence electrons. The van der Waals surface area contributed by atoms with E-state index in [1.54, 1.807) is 7.11 Å². The van der Waals surface area contributed by atoms with Gasteiger partial charge in [-0.3, -0.25) is 4.90 Å². The first-order chi connectivity index (χ1) is 5.81. The van der Waals surface area contributed by atoms with Gasteiger partial charge in [-0.05, 0) is 25.9 Å². The van der Waals surface area contributed by atoms with Gasteiger partial charge in [0, 0.05) is 19.7 Å². The Hall–Kier alpha value is 0.230. The van der Waals surface area contributed by atoms with Crippen molar-refractivity contribution in [1.82, 2.24) is 4.90 Å². The van der Waals surface area contributed by atoms with Crippen LogP contribution in [0, 0.1) is 0 Å². The third kappa shape index (κ3) is 2.36. The third-order valence-electron chi connectivity index (χ3n) is 2.50. The van der Waals surface area contributed by atoms with Crippen molar-refractivity contribution in [3.05, 3.63) is 0 Å². The van der Waals surface area contributed by atoms with E-state index in [1.807, 2.05) is 0 Å². The molecule has 0 saturated carbocycles. The van der Waals surface area contributed by atoms with Crippen molar-refractivity contribution in [2.24, 2.45) is 0 Å². The molecule has 0 radical (unpaired) electrons. The normalized spacial score (nSPS) is 31.2. The predicted octanol–water partition coefficient (Wildman–Crippen LogP) is 0.957. The number of thiol groups is 1. The van der Waals surface area contributed by atoms with Crippen LogP contribution in [-0.4, -0.2) is 43.9 Å². The maximum absolute atomic E-state index is 5.30. The summed E-state index contributed by atoms with van der Waals surface area (Å²) in [6.45, 7) is 4.93. The Labute approximate surface area is 79.6 Å². The second kappa shape index (κ2) is 5.07. The monoisotopic (exact) mass is 191 g/mol. The topological polar surface area (TPSA) is 21.7 Å². The van der Waals surface area contributed by atoms with Gasteiger partial charge in [0.1, 0.15) is 0 Å². The molecule has 3 nitrogen and oxygen atoms in total. The number of hydrogen-bond acceptors (Lipinski definition) is 4. The standard InChI is InChI=1S/C8H17NO2S/c1-3-9-5-8(10-2)4-7(9)6-11-12/h7-8,12H,3-6H2,1-2H3. The van der Waals surface area contributed by atoms with Crippen molar-refractivity contribution >= 4 is 12.9 Å². The summed E-state index contributed by atoms with van der Waals surface area (Å²) in [7, 11) is 1.77. The van der Waals surface area contributed by atoms with Crippen molar-refractivity contribution in [1.29, 1.82) is 0 Å². The Kier molecular flexibility index (Phi) is 4.35. The predicted molar refractivity (Wildman–Crippen MR) is 51.4 cm³/mol. The van der Waals surface area contributed by atoms with Gasteiger partial charge >= 0.3 is 0 Å².